The van der Waals surface area contributed by atoms with Crippen LogP contribution in [-0.4, -0.2) is 25.3 Å². The Morgan fingerprint density at radius 2 is 1.74 bits per heavy atom. The topological polar surface area (TPSA) is 55.8 Å². The van der Waals surface area contributed by atoms with E-state index >= 15 is 0 Å². The normalized spacial score (nSPS) is 11.8. The molecule has 1 aromatic rings. The molecular formula is C15H20O4. The van der Waals surface area contributed by atoms with E-state index in [0.29, 0.717) is 29.9 Å². The zero-order valence-electron chi connectivity index (χ0n) is 11.8. The lowest BCUT2D eigenvalue weighted by molar-refractivity contribution is -0.132. The van der Waals surface area contributed by atoms with Crippen molar-refractivity contribution in [2.75, 3.05) is 14.2 Å². The number of methoxy groups -OCH3 is 2. The molecule has 0 amide bonds. The lowest BCUT2D eigenvalue weighted by Gasteiger charge is -2.15. The summed E-state index contributed by atoms with van der Waals surface area (Å²) in [4.78, 5) is 11.1. The van der Waals surface area contributed by atoms with E-state index in [1.807, 2.05) is 25.1 Å². The van der Waals surface area contributed by atoms with Gasteiger partial charge in [-0.25, -0.2) is 4.79 Å². The van der Waals surface area contributed by atoms with E-state index in [4.69, 9.17) is 14.6 Å². The summed E-state index contributed by atoms with van der Waals surface area (Å²) in [5, 5.41) is 9.09. The van der Waals surface area contributed by atoms with E-state index in [0.717, 1.165) is 11.1 Å². The Morgan fingerprint density at radius 3 is 2.11 bits per heavy atom. The number of ether oxygens (including phenoxy) is 2. The van der Waals surface area contributed by atoms with Gasteiger partial charge in [0.1, 0.15) is 11.5 Å². The van der Waals surface area contributed by atoms with Gasteiger partial charge in [-0.2, -0.15) is 0 Å². The van der Waals surface area contributed by atoms with E-state index in [1.54, 1.807) is 21.1 Å². The third-order valence-electron chi connectivity index (χ3n) is 3.20. The zero-order chi connectivity index (χ0) is 14.4. The average Bonchev–Trinajstić information content (AvgIpc) is 2.43. The Bertz CT molecular complexity index is 467. The predicted molar refractivity (Wildman–Crippen MR) is 73.9 cm³/mol. The van der Waals surface area contributed by atoms with Crippen molar-refractivity contribution in [1.82, 2.24) is 0 Å². The van der Waals surface area contributed by atoms with E-state index < -0.39 is 5.97 Å². The van der Waals surface area contributed by atoms with E-state index in [-0.39, 0.29) is 0 Å². The van der Waals surface area contributed by atoms with Gasteiger partial charge in [0.15, 0.2) is 0 Å². The van der Waals surface area contributed by atoms with Crippen LogP contribution in [0.3, 0.4) is 0 Å². The highest BCUT2D eigenvalue weighted by Crippen LogP contribution is 2.31. The van der Waals surface area contributed by atoms with Crippen molar-refractivity contribution in [3.05, 3.63) is 34.9 Å². The molecule has 4 heteroatoms. The van der Waals surface area contributed by atoms with Gasteiger partial charge in [0.25, 0.3) is 0 Å². The highest BCUT2D eigenvalue weighted by Gasteiger charge is 2.14. The molecule has 0 aromatic heterocycles. The quantitative estimate of drug-likeness (QED) is 0.802. The van der Waals surface area contributed by atoms with E-state index in [2.05, 4.69) is 0 Å². The first kappa shape index (κ1) is 15.1. The average molecular weight is 264 g/mol. The van der Waals surface area contributed by atoms with Crippen molar-refractivity contribution in [2.24, 2.45) is 0 Å². The summed E-state index contributed by atoms with van der Waals surface area (Å²) in [7, 11) is 3.19. The number of rotatable bonds is 6. The van der Waals surface area contributed by atoms with Crippen LogP contribution in [-0.2, 0) is 11.2 Å². The Labute approximate surface area is 113 Å². The van der Waals surface area contributed by atoms with Crippen molar-refractivity contribution in [2.45, 2.75) is 26.7 Å². The molecule has 0 aliphatic carbocycles. The van der Waals surface area contributed by atoms with E-state index in [1.165, 1.54) is 0 Å². The summed E-state index contributed by atoms with van der Waals surface area (Å²) < 4.78 is 10.6. The van der Waals surface area contributed by atoms with Gasteiger partial charge in [-0.15, -0.1) is 0 Å². The molecule has 0 spiro atoms. The maximum absolute atomic E-state index is 11.1. The van der Waals surface area contributed by atoms with Gasteiger partial charge in [0, 0.05) is 17.6 Å². The van der Waals surface area contributed by atoms with Crippen molar-refractivity contribution < 1.29 is 19.4 Å². The minimum atomic E-state index is -0.884. The summed E-state index contributed by atoms with van der Waals surface area (Å²) in [6.45, 7) is 3.58. The van der Waals surface area contributed by atoms with E-state index in [9.17, 15) is 4.79 Å². The van der Waals surface area contributed by atoms with Crippen LogP contribution in [0.5, 0.6) is 11.5 Å². The molecule has 1 aromatic carbocycles. The molecule has 0 bridgehead atoms. The zero-order valence-corrected chi connectivity index (χ0v) is 11.8. The van der Waals surface area contributed by atoms with Crippen molar-refractivity contribution in [3.63, 3.8) is 0 Å². The Hall–Kier alpha value is -1.97. The first-order valence-corrected chi connectivity index (χ1v) is 6.16. The molecule has 0 atom stereocenters. The standard InChI is InChI=1S/C15H20O4/c1-5-11(10(2)15(16)17)9-12-13(18-3)7-6-8-14(12)19-4/h6-8H,5,9H2,1-4H3,(H,16,17). The lowest BCUT2D eigenvalue weighted by Crippen LogP contribution is -2.05. The maximum atomic E-state index is 11.1. The minimum Gasteiger partial charge on any atom is -0.496 e. The third kappa shape index (κ3) is 3.50. The molecule has 19 heavy (non-hydrogen) atoms. The molecule has 1 N–H and O–H groups in total. The smallest absolute Gasteiger partial charge is 0.331 e. The number of carbonyl (C=O) groups is 1. The molecule has 4 nitrogen and oxygen atoms in total. The molecule has 0 fully saturated rings. The van der Waals surface area contributed by atoms with Gasteiger partial charge in [-0.3, -0.25) is 0 Å². The number of carboxylic acid groups (broad SMARTS) is 1. The van der Waals surface area contributed by atoms with Gasteiger partial charge in [0.2, 0.25) is 0 Å². The Balaban J connectivity index is 3.23. The molecule has 0 aliphatic rings. The predicted octanol–water partition coefficient (Wildman–Crippen LogP) is 3.06. The molecule has 0 heterocycles. The number of hydrogen-bond acceptors (Lipinski definition) is 3. The van der Waals surface area contributed by atoms with Crippen molar-refractivity contribution in [3.8, 4) is 11.5 Å². The largest absolute Gasteiger partial charge is 0.496 e. The fourth-order valence-electron chi connectivity index (χ4n) is 1.99. The van der Waals surface area contributed by atoms with Gasteiger partial charge >= 0.3 is 5.97 Å². The second-order valence-electron chi connectivity index (χ2n) is 4.21. The van der Waals surface area contributed by atoms with Crippen LogP contribution in [0, 0.1) is 0 Å². The maximum Gasteiger partial charge on any atom is 0.331 e. The molecule has 0 unspecified atom stereocenters. The number of carboxylic acids is 1. The van der Waals surface area contributed by atoms with Crippen LogP contribution >= 0.6 is 0 Å². The van der Waals surface area contributed by atoms with Crippen LogP contribution in [0.2, 0.25) is 0 Å². The molecule has 0 saturated heterocycles. The van der Waals surface area contributed by atoms with Gasteiger partial charge in [-0.05, 0) is 25.5 Å². The lowest BCUT2D eigenvalue weighted by atomic mass is 9.97. The van der Waals surface area contributed by atoms with Crippen molar-refractivity contribution >= 4 is 5.97 Å². The SMILES string of the molecule is CCC(Cc1c(OC)cccc1OC)=C(C)C(=O)O. The number of hydrogen-bond donors (Lipinski definition) is 1. The number of allylic oxidation sites excluding steroid dienone is 1. The van der Waals surface area contributed by atoms with Gasteiger partial charge < -0.3 is 14.6 Å². The van der Waals surface area contributed by atoms with Crippen LogP contribution in [0.15, 0.2) is 29.3 Å². The van der Waals surface area contributed by atoms with Gasteiger partial charge in [-0.1, -0.05) is 18.6 Å². The summed E-state index contributed by atoms with van der Waals surface area (Å²) >= 11 is 0. The molecule has 0 saturated carbocycles. The summed E-state index contributed by atoms with van der Waals surface area (Å²) in [5.41, 5.74) is 2.13. The fourth-order valence-corrected chi connectivity index (χ4v) is 1.99. The summed E-state index contributed by atoms with van der Waals surface area (Å²) in [5.74, 6) is 0.540. The first-order chi connectivity index (χ1) is 9.04. The highest BCUT2D eigenvalue weighted by molar-refractivity contribution is 5.86. The number of benzene rings is 1. The molecule has 1 rings (SSSR count). The molecular weight excluding hydrogens is 244 g/mol. The highest BCUT2D eigenvalue weighted by atomic mass is 16.5. The summed E-state index contributed by atoms with van der Waals surface area (Å²) in [6, 6.07) is 5.54. The fraction of sp³-hybridized carbons (Fsp3) is 0.400. The summed E-state index contributed by atoms with van der Waals surface area (Å²) in [6.07, 6.45) is 1.20. The van der Waals surface area contributed by atoms with Gasteiger partial charge in [0.05, 0.1) is 14.2 Å². The third-order valence-corrected chi connectivity index (χ3v) is 3.20. The molecule has 104 valence electrons. The Kier molecular flexibility index (Phi) is 5.42. The minimum absolute atomic E-state index is 0.385. The molecule has 0 aliphatic heterocycles. The second kappa shape index (κ2) is 6.83. The van der Waals surface area contributed by atoms with Crippen LogP contribution < -0.4 is 9.47 Å². The number of aliphatic carboxylic acids is 1. The monoisotopic (exact) mass is 264 g/mol. The Morgan fingerprint density at radius 1 is 1.21 bits per heavy atom. The van der Waals surface area contributed by atoms with Crippen LogP contribution in [0.4, 0.5) is 0 Å². The first-order valence-electron chi connectivity index (χ1n) is 6.16. The second-order valence-corrected chi connectivity index (χ2v) is 4.21. The van der Waals surface area contributed by atoms with Crippen LogP contribution in [0.25, 0.3) is 0 Å². The molecule has 0 radical (unpaired) electrons. The van der Waals surface area contributed by atoms with Crippen LogP contribution in [0.1, 0.15) is 25.8 Å². The van der Waals surface area contributed by atoms with Crippen molar-refractivity contribution in [1.29, 1.82) is 0 Å².